The Kier molecular flexibility index (Phi) is 6.42. The summed E-state index contributed by atoms with van der Waals surface area (Å²) in [6.45, 7) is 2.06. The summed E-state index contributed by atoms with van der Waals surface area (Å²) in [6, 6.07) is 15.4. The van der Waals surface area contributed by atoms with Crippen LogP contribution in [0, 0.1) is 12.8 Å². The van der Waals surface area contributed by atoms with Gasteiger partial charge in [-0.25, -0.2) is 4.98 Å². The fourth-order valence-electron chi connectivity index (χ4n) is 3.42. The van der Waals surface area contributed by atoms with Crippen molar-refractivity contribution >= 4 is 29.3 Å². The van der Waals surface area contributed by atoms with E-state index in [1.165, 1.54) is 17.3 Å². The van der Waals surface area contributed by atoms with Gasteiger partial charge < -0.3 is 15.2 Å². The molecule has 1 aromatic heterocycles. The van der Waals surface area contributed by atoms with Gasteiger partial charge in [-0.2, -0.15) is 0 Å². The zero-order chi connectivity index (χ0) is 21.8. The molecule has 1 fully saturated rings. The van der Waals surface area contributed by atoms with Crippen molar-refractivity contribution < 1.29 is 9.59 Å². The first-order chi connectivity index (χ1) is 15.0. The number of amides is 2. The van der Waals surface area contributed by atoms with Gasteiger partial charge in [0.1, 0.15) is 0 Å². The summed E-state index contributed by atoms with van der Waals surface area (Å²) in [7, 11) is 1.89. The molecule has 2 aromatic carbocycles. The van der Waals surface area contributed by atoms with E-state index in [0.29, 0.717) is 17.2 Å². The maximum atomic E-state index is 12.8. The van der Waals surface area contributed by atoms with E-state index in [-0.39, 0.29) is 23.6 Å². The summed E-state index contributed by atoms with van der Waals surface area (Å²) in [5, 5.41) is 6.85. The first-order valence-electron chi connectivity index (χ1n) is 10.4. The second kappa shape index (κ2) is 9.39. The number of rotatable bonds is 8. The van der Waals surface area contributed by atoms with E-state index in [2.05, 4.69) is 46.8 Å². The molecule has 0 bridgehead atoms. The zero-order valence-electron chi connectivity index (χ0n) is 17.7. The summed E-state index contributed by atoms with van der Waals surface area (Å²) in [5.74, 6) is 0.563. The highest BCUT2D eigenvalue weighted by molar-refractivity contribution is 7.99. The van der Waals surface area contributed by atoms with Gasteiger partial charge in [-0.05, 0) is 55.5 Å². The van der Waals surface area contributed by atoms with Crippen LogP contribution in [0.1, 0.15) is 40.4 Å². The molecule has 0 spiro atoms. The number of hydrogen-bond acceptors (Lipinski definition) is 4. The lowest BCUT2D eigenvalue weighted by molar-refractivity contribution is -0.113. The van der Waals surface area contributed by atoms with E-state index in [0.717, 1.165) is 23.6 Å². The number of carbonyl (C=O) groups is 2. The average molecular weight is 435 g/mol. The van der Waals surface area contributed by atoms with Gasteiger partial charge in [0.15, 0.2) is 5.16 Å². The normalized spacial score (nSPS) is 14.1. The smallest absolute Gasteiger partial charge is 0.251 e. The Hall–Kier alpha value is -3.06. The van der Waals surface area contributed by atoms with Crippen LogP contribution in [0.4, 0.5) is 5.69 Å². The number of nitrogens with zero attached hydrogens (tertiary/aromatic N) is 2. The fourth-order valence-corrected chi connectivity index (χ4v) is 4.16. The van der Waals surface area contributed by atoms with Crippen LogP contribution in [-0.4, -0.2) is 27.1 Å². The molecular formula is C24H26N4O2S. The third-order valence-electron chi connectivity index (χ3n) is 5.36. The molecule has 0 saturated heterocycles. The Balaban J connectivity index is 1.33. The SMILES string of the molecule is Cc1ccc(C(NC(=O)c2ccc(NC(=O)CSc3nccn3C)cc2)C2CC2)cc1. The number of aryl methyl sites for hydroxylation is 2. The van der Waals surface area contributed by atoms with Gasteiger partial charge in [-0.15, -0.1) is 0 Å². The second-order valence-electron chi connectivity index (χ2n) is 7.93. The molecular weight excluding hydrogens is 408 g/mol. The molecule has 1 saturated carbocycles. The summed E-state index contributed by atoms with van der Waals surface area (Å²) in [4.78, 5) is 29.2. The lowest BCUT2D eigenvalue weighted by Gasteiger charge is -2.19. The van der Waals surface area contributed by atoms with Crippen LogP contribution in [0.3, 0.4) is 0 Å². The van der Waals surface area contributed by atoms with Gasteiger partial charge >= 0.3 is 0 Å². The number of benzene rings is 2. The number of carbonyl (C=O) groups excluding carboxylic acids is 2. The van der Waals surface area contributed by atoms with Crippen LogP contribution in [0.25, 0.3) is 0 Å². The molecule has 1 aliphatic carbocycles. The van der Waals surface area contributed by atoms with Crippen LogP contribution < -0.4 is 10.6 Å². The lowest BCUT2D eigenvalue weighted by atomic mass is 10.0. The van der Waals surface area contributed by atoms with Crippen molar-refractivity contribution in [3.8, 4) is 0 Å². The van der Waals surface area contributed by atoms with Gasteiger partial charge in [0.05, 0.1) is 11.8 Å². The standard InChI is InChI=1S/C24H26N4O2S/c1-16-3-5-17(6-4-16)22(18-7-8-18)27-23(30)19-9-11-20(12-10-19)26-21(29)15-31-24-25-13-14-28(24)2/h3-6,9-14,18,22H,7-8,15H2,1-2H3,(H,26,29)(H,27,30). The number of anilines is 1. The quantitative estimate of drug-likeness (QED) is 0.517. The minimum absolute atomic E-state index is 0.0376. The maximum Gasteiger partial charge on any atom is 0.251 e. The molecule has 7 heteroatoms. The molecule has 4 rings (SSSR count). The van der Waals surface area contributed by atoms with E-state index in [1.54, 1.807) is 30.5 Å². The minimum atomic E-state index is -0.113. The molecule has 0 radical (unpaired) electrons. The monoisotopic (exact) mass is 434 g/mol. The van der Waals surface area contributed by atoms with Crippen molar-refractivity contribution in [2.45, 2.75) is 31.0 Å². The molecule has 2 N–H and O–H groups in total. The average Bonchev–Trinajstić information content (AvgIpc) is 3.53. The van der Waals surface area contributed by atoms with Crippen molar-refractivity contribution in [3.05, 3.63) is 77.6 Å². The highest BCUT2D eigenvalue weighted by Crippen LogP contribution is 2.41. The highest BCUT2D eigenvalue weighted by Gasteiger charge is 2.33. The van der Waals surface area contributed by atoms with E-state index in [9.17, 15) is 9.59 Å². The molecule has 1 aliphatic rings. The van der Waals surface area contributed by atoms with Crippen LogP contribution in [-0.2, 0) is 11.8 Å². The largest absolute Gasteiger partial charge is 0.345 e. The third kappa shape index (κ3) is 5.55. The van der Waals surface area contributed by atoms with E-state index >= 15 is 0 Å². The molecule has 3 aromatic rings. The van der Waals surface area contributed by atoms with Gasteiger partial charge in [0.25, 0.3) is 5.91 Å². The number of hydrogen-bond donors (Lipinski definition) is 2. The lowest BCUT2D eigenvalue weighted by Crippen LogP contribution is -2.29. The summed E-state index contributed by atoms with van der Waals surface area (Å²) in [6.07, 6.45) is 5.83. The topological polar surface area (TPSA) is 76.0 Å². The Morgan fingerprint density at radius 1 is 1.13 bits per heavy atom. The third-order valence-corrected chi connectivity index (χ3v) is 6.41. The molecule has 1 heterocycles. The number of imidazole rings is 1. The van der Waals surface area contributed by atoms with Crippen molar-refractivity contribution in [2.75, 3.05) is 11.1 Å². The Morgan fingerprint density at radius 3 is 2.45 bits per heavy atom. The van der Waals surface area contributed by atoms with Crippen molar-refractivity contribution in [1.82, 2.24) is 14.9 Å². The molecule has 160 valence electrons. The number of nitrogens with one attached hydrogen (secondary N) is 2. The van der Waals surface area contributed by atoms with Crippen molar-refractivity contribution in [1.29, 1.82) is 0 Å². The van der Waals surface area contributed by atoms with E-state index in [4.69, 9.17) is 0 Å². The molecule has 2 amide bonds. The minimum Gasteiger partial charge on any atom is -0.345 e. The van der Waals surface area contributed by atoms with Gasteiger partial charge in [0, 0.05) is 30.7 Å². The molecule has 31 heavy (non-hydrogen) atoms. The second-order valence-corrected chi connectivity index (χ2v) is 8.88. The summed E-state index contributed by atoms with van der Waals surface area (Å²) >= 11 is 1.38. The Bertz CT molecular complexity index is 1060. The van der Waals surface area contributed by atoms with Gasteiger partial charge in [-0.3, -0.25) is 9.59 Å². The van der Waals surface area contributed by atoms with E-state index in [1.807, 2.05) is 17.8 Å². The summed E-state index contributed by atoms with van der Waals surface area (Å²) in [5.41, 5.74) is 3.61. The van der Waals surface area contributed by atoms with E-state index < -0.39 is 0 Å². The highest BCUT2D eigenvalue weighted by atomic mass is 32.2. The van der Waals surface area contributed by atoms with Crippen LogP contribution >= 0.6 is 11.8 Å². The number of aromatic nitrogens is 2. The van der Waals surface area contributed by atoms with Crippen molar-refractivity contribution in [2.24, 2.45) is 13.0 Å². The van der Waals surface area contributed by atoms with Crippen molar-refractivity contribution in [3.63, 3.8) is 0 Å². The predicted octanol–water partition coefficient (Wildman–Crippen LogP) is 4.34. The Morgan fingerprint density at radius 2 is 1.84 bits per heavy atom. The van der Waals surface area contributed by atoms with Crippen LogP contribution in [0.5, 0.6) is 0 Å². The molecule has 0 aliphatic heterocycles. The fraction of sp³-hybridized carbons (Fsp3) is 0.292. The zero-order valence-corrected chi connectivity index (χ0v) is 18.5. The molecule has 6 nitrogen and oxygen atoms in total. The first kappa shape index (κ1) is 21.2. The predicted molar refractivity (Wildman–Crippen MR) is 123 cm³/mol. The van der Waals surface area contributed by atoms with Crippen LogP contribution in [0.2, 0.25) is 0 Å². The van der Waals surface area contributed by atoms with Gasteiger partial charge in [0.2, 0.25) is 5.91 Å². The maximum absolute atomic E-state index is 12.8. The Labute approximate surface area is 186 Å². The van der Waals surface area contributed by atoms with Gasteiger partial charge in [-0.1, -0.05) is 41.6 Å². The summed E-state index contributed by atoms with van der Waals surface area (Å²) < 4.78 is 1.87. The molecule has 1 atom stereocenters. The first-order valence-corrected chi connectivity index (χ1v) is 11.4. The number of thioether (sulfide) groups is 1. The van der Waals surface area contributed by atoms with Crippen LogP contribution in [0.15, 0.2) is 66.1 Å². The molecule has 1 unspecified atom stereocenters.